The predicted octanol–water partition coefficient (Wildman–Crippen LogP) is 2.28. The summed E-state index contributed by atoms with van der Waals surface area (Å²) in [5.74, 6) is 0.634. The van der Waals surface area contributed by atoms with Crippen molar-refractivity contribution in [3.05, 3.63) is 28.3 Å². The van der Waals surface area contributed by atoms with Gasteiger partial charge >= 0.3 is 0 Å². The van der Waals surface area contributed by atoms with Gasteiger partial charge in [0.05, 0.1) is 23.2 Å². The van der Waals surface area contributed by atoms with Crippen molar-refractivity contribution in [2.45, 2.75) is 25.3 Å². The minimum atomic E-state index is -0.379. The van der Waals surface area contributed by atoms with Crippen LogP contribution in [0.5, 0.6) is 5.75 Å². The molecule has 0 aliphatic carbocycles. The van der Waals surface area contributed by atoms with Gasteiger partial charge in [0, 0.05) is 18.7 Å². The van der Waals surface area contributed by atoms with Gasteiger partial charge in [0.15, 0.2) is 0 Å². The number of likely N-dealkylation sites (tertiary alicyclic amines) is 1. The van der Waals surface area contributed by atoms with E-state index in [0.29, 0.717) is 18.4 Å². The monoisotopic (exact) mass is 291 g/mol. The summed E-state index contributed by atoms with van der Waals surface area (Å²) < 4.78 is 5.58. The Morgan fingerprint density at radius 2 is 2.29 bits per heavy atom. The first kappa shape index (κ1) is 14.1. The van der Waals surface area contributed by atoms with Crippen LogP contribution in [0.15, 0.2) is 18.2 Å². The number of ether oxygens (including phenoxy) is 1. The molecule has 1 unspecified atom stereocenters. The van der Waals surface area contributed by atoms with Crippen LogP contribution in [-0.2, 0) is 0 Å². The van der Waals surface area contributed by atoms with Gasteiger partial charge in [0.2, 0.25) is 0 Å². The highest BCUT2D eigenvalue weighted by atomic mass is 16.6. The van der Waals surface area contributed by atoms with Crippen LogP contribution in [0.1, 0.15) is 19.3 Å². The van der Waals surface area contributed by atoms with E-state index in [1.807, 2.05) is 6.07 Å². The number of fused-ring (bicyclic) bond motifs is 1. The Morgan fingerprint density at radius 1 is 1.43 bits per heavy atom. The van der Waals surface area contributed by atoms with Crippen LogP contribution in [0.4, 0.5) is 11.4 Å². The minimum absolute atomic E-state index is 0.0890. The van der Waals surface area contributed by atoms with Crippen molar-refractivity contribution in [2.75, 3.05) is 38.2 Å². The standard InChI is InChI=1S/C15H21N3O3/c1-16-7-2-3-12(16)6-8-17-9-10-21-15-11-13(18(19)20)4-5-14(15)17/h4-5,11-12H,2-3,6-10H2,1H3. The van der Waals surface area contributed by atoms with E-state index in [9.17, 15) is 10.1 Å². The second-order valence-electron chi connectivity index (χ2n) is 5.81. The lowest BCUT2D eigenvalue weighted by atomic mass is 10.1. The molecule has 0 aromatic heterocycles. The third kappa shape index (κ3) is 2.95. The highest BCUT2D eigenvalue weighted by Gasteiger charge is 2.24. The Hall–Kier alpha value is -1.82. The molecule has 2 heterocycles. The van der Waals surface area contributed by atoms with Gasteiger partial charge in [-0.1, -0.05) is 0 Å². The normalized spacial score (nSPS) is 22.0. The Bertz CT molecular complexity index is 535. The SMILES string of the molecule is CN1CCCC1CCN1CCOc2cc([N+](=O)[O-])ccc21. The molecule has 114 valence electrons. The minimum Gasteiger partial charge on any atom is -0.489 e. The summed E-state index contributed by atoms with van der Waals surface area (Å²) in [5, 5.41) is 10.8. The number of hydrogen-bond donors (Lipinski definition) is 0. The van der Waals surface area contributed by atoms with Gasteiger partial charge in [-0.2, -0.15) is 0 Å². The summed E-state index contributed by atoms with van der Waals surface area (Å²) in [6.45, 7) is 3.61. The molecule has 0 bridgehead atoms. The van der Waals surface area contributed by atoms with Crippen molar-refractivity contribution in [1.29, 1.82) is 0 Å². The molecule has 2 aliphatic rings. The topological polar surface area (TPSA) is 58.8 Å². The fraction of sp³-hybridized carbons (Fsp3) is 0.600. The number of nitro groups is 1. The average Bonchev–Trinajstić information content (AvgIpc) is 2.89. The summed E-state index contributed by atoms with van der Waals surface area (Å²) in [7, 11) is 2.19. The van der Waals surface area contributed by atoms with Crippen molar-refractivity contribution in [3.63, 3.8) is 0 Å². The molecule has 3 rings (SSSR count). The molecule has 0 amide bonds. The van der Waals surface area contributed by atoms with Crippen molar-refractivity contribution < 1.29 is 9.66 Å². The first-order valence-electron chi connectivity index (χ1n) is 7.51. The molecule has 2 aliphatic heterocycles. The Morgan fingerprint density at radius 3 is 3.00 bits per heavy atom. The summed E-state index contributed by atoms with van der Waals surface area (Å²) in [6.07, 6.45) is 3.69. The van der Waals surface area contributed by atoms with Crippen LogP contribution in [0.2, 0.25) is 0 Å². The van der Waals surface area contributed by atoms with E-state index in [0.717, 1.165) is 25.2 Å². The van der Waals surface area contributed by atoms with Crippen molar-refractivity contribution in [3.8, 4) is 5.75 Å². The highest BCUT2D eigenvalue weighted by Crippen LogP contribution is 2.35. The molecule has 1 fully saturated rings. The number of non-ortho nitro benzene ring substituents is 1. The molecule has 6 nitrogen and oxygen atoms in total. The van der Waals surface area contributed by atoms with Crippen LogP contribution < -0.4 is 9.64 Å². The Kier molecular flexibility index (Phi) is 3.96. The third-order valence-corrected chi connectivity index (χ3v) is 4.52. The smallest absolute Gasteiger partial charge is 0.273 e. The van der Waals surface area contributed by atoms with Gasteiger partial charge in [-0.3, -0.25) is 10.1 Å². The molecule has 1 aromatic rings. The summed E-state index contributed by atoms with van der Waals surface area (Å²) >= 11 is 0. The molecular weight excluding hydrogens is 270 g/mol. The van der Waals surface area contributed by atoms with Gasteiger partial charge in [0.1, 0.15) is 12.4 Å². The molecule has 21 heavy (non-hydrogen) atoms. The molecule has 0 spiro atoms. The number of nitro benzene ring substituents is 1. The fourth-order valence-electron chi connectivity index (χ4n) is 3.26. The summed E-state index contributed by atoms with van der Waals surface area (Å²) in [6, 6.07) is 5.56. The Labute approximate surface area is 124 Å². The lowest BCUT2D eigenvalue weighted by Gasteiger charge is -2.32. The van der Waals surface area contributed by atoms with Gasteiger partial charge in [0.25, 0.3) is 5.69 Å². The van der Waals surface area contributed by atoms with Gasteiger partial charge in [-0.15, -0.1) is 0 Å². The molecule has 0 N–H and O–H groups in total. The lowest BCUT2D eigenvalue weighted by Crippen LogP contribution is -2.36. The summed E-state index contributed by atoms with van der Waals surface area (Å²) in [5.41, 5.74) is 1.07. The predicted molar refractivity (Wildman–Crippen MR) is 81.1 cm³/mol. The highest BCUT2D eigenvalue weighted by molar-refractivity contribution is 5.63. The van der Waals surface area contributed by atoms with E-state index >= 15 is 0 Å². The van der Waals surface area contributed by atoms with Crippen LogP contribution in [0.25, 0.3) is 0 Å². The van der Waals surface area contributed by atoms with Crippen molar-refractivity contribution in [1.82, 2.24) is 4.90 Å². The maximum absolute atomic E-state index is 10.8. The molecule has 1 saturated heterocycles. The molecule has 0 radical (unpaired) electrons. The van der Waals surface area contributed by atoms with E-state index in [2.05, 4.69) is 16.8 Å². The fourth-order valence-corrected chi connectivity index (χ4v) is 3.26. The zero-order valence-corrected chi connectivity index (χ0v) is 12.3. The van der Waals surface area contributed by atoms with Gasteiger partial charge in [-0.25, -0.2) is 0 Å². The summed E-state index contributed by atoms with van der Waals surface area (Å²) in [4.78, 5) is 15.2. The number of nitrogens with zero attached hydrogens (tertiary/aromatic N) is 3. The van der Waals surface area contributed by atoms with Crippen molar-refractivity contribution in [2.24, 2.45) is 0 Å². The van der Waals surface area contributed by atoms with Crippen molar-refractivity contribution >= 4 is 11.4 Å². The molecule has 6 heteroatoms. The second-order valence-corrected chi connectivity index (χ2v) is 5.81. The molecular formula is C15H21N3O3. The number of anilines is 1. The lowest BCUT2D eigenvalue weighted by molar-refractivity contribution is -0.384. The quantitative estimate of drug-likeness (QED) is 0.629. The molecule has 1 atom stereocenters. The Balaban J connectivity index is 1.70. The molecule has 0 saturated carbocycles. The largest absolute Gasteiger partial charge is 0.489 e. The zero-order chi connectivity index (χ0) is 14.8. The second kappa shape index (κ2) is 5.89. The number of rotatable bonds is 4. The van der Waals surface area contributed by atoms with E-state index in [-0.39, 0.29) is 10.6 Å². The van der Waals surface area contributed by atoms with Crippen LogP contribution >= 0.6 is 0 Å². The first-order valence-corrected chi connectivity index (χ1v) is 7.51. The van der Waals surface area contributed by atoms with E-state index in [1.165, 1.54) is 25.5 Å². The van der Waals surface area contributed by atoms with Crippen LogP contribution in [0.3, 0.4) is 0 Å². The van der Waals surface area contributed by atoms with Gasteiger partial charge in [-0.05, 0) is 38.9 Å². The number of benzene rings is 1. The van der Waals surface area contributed by atoms with E-state index in [1.54, 1.807) is 6.07 Å². The maximum Gasteiger partial charge on any atom is 0.273 e. The van der Waals surface area contributed by atoms with E-state index in [4.69, 9.17) is 4.74 Å². The third-order valence-electron chi connectivity index (χ3n) is 4.52. The van der Waals surface area contributed by atoms with Crippen LogP contribution in [-0.4, -0.2) is 49.2 Å². The maximum atomic E-state index is 10.8. The number of hydrogen-bond acceptors (Lipinski definition) is 5. The zero-order valence-electron chi connectivity index (χ0n) is 12.3. The molecule has 1 aromatic carbocycles. The van der Waals surface area contributed by atoms with Gasteiger partial charge < -0.3 is 14.5 Å². The average molecular weight is 291 g/mol. The van der Waals surface area contributed by atoms with Crippen LogP contribution in [0, 0.1) is 10.1 Å². The first-order chi connectivity index (χ1) is 10.1. The van der Waals surface area contributed by atoms with E-state index < -0.39 is 0 Å².